The molecule has 0 radical (unpaired) electrons. The van der Waals surface area contributed by atoms with Gasteiger partial charge in [-0.3, -0.25) is 4.79 Å². The lowest BCUT2D eigenvalue weighted by Gasteiger charge is -2.46. The molecule has 0 aliphatic carbocycles. The van der Waals surface area contributed by atoms with E-state index in [-0.39, 0.29) is 18.3 Å². The highest BCUT2D eigenvalue weighted by Gasteiger charge is 2.43. The third kappa shape index (κ3) is 2.80. The molecule has 1 N–H and O–H groups in total. The van der Waals surface area contributed by atoms with Crippen LogP contribution in [0, 0.1) is 11.7 Å². The molecular weight excluding hydrogens is 271 g/mol. The Morgan fingerprint density at radius 3 is 2.95 bits per heavy atom. The van der Waals surface area contributed by atoms with Crippen LogP contribution in [0.2, 0.25) is 0 Å². The summed E-state index contributed by atoms with van der Waals surface area (Å²) in [4.78, 5) is 13.7. The predicted octanol–water partition coefficient (Wildman–Crippen LogP) is 1.95. The van der Waals surface area contributed by atoms with Crippen LogP contribution in [0.15, 0.2) is 24.3 Å². The monoisotopic (exact) mass is 292 g/mol. The van der Waals surface area contributed by atoms with Crippen molar-refractivity contribution < 1.29 is 13.9 Å². The molecule has 0 saturated carbocycles. The Morgan fingerprint density at radius 1 is 1.43 bits per heavy atom. The maximum atomic E-state index is 14.0. The van der Waals surface area contributed by atoms with Crippen LogP contribution in [0.4, 0.5) is 10.1 Å². The molecule has 2 fully saturated rings. The normalized spacial score (nSPS) is 30.5. The van der Waals surface area contributed by atoms with Gasteiger partial charge in [-0.15, -0.1) is 0 Å². The zero-order valence-corrected chi connectivity index (χ0v) is 12.3. The molecule has 0 aromatic heterocycles. The lowest BCUT2D eigenvalue weighted by Crippen LogP contribution is -2.59. The summed E-state index contributed by atoms with van der Waals surface area (Å²) in [6, 6.07) is 6.42. The molecule has 2 atom stereocenters. The van der Waals surface area contributed by atoms with E-state index >= 15 is 0 Å². The fourth-order valence-electron chi connectivity index (χ4n) is 3.26. The van der Waals surface area contributed by atoms with E-state index in [1.165, 1.54) is 11.0 Å². The first kappa shape index (κ1) is 14.5. The fourth-order valence-corrected chi connectivity index (χ4v) is 3.26. The largest absolute Gasteiger partial charge is 0.363 e. The smallest absolute Gasteiger partial charge is 0.253 e. The molecule has 1 aromatic rings. The van der Waals surface area contributed by atoms with Gasteiger partial charge in [0, 0.05) is 12.5 Å². The first-order valence-electron chi connectivity index (χ1n) is 7.50. The number of ether oxygens (including phenoxy) is 1. The summed E-state index contributed by atoms with van der Waals surface area (Å²) in [6.07, 6.45) is 2.18. The molecular formula is C16H21FN2O2. The van der Waals surface area contributed by atoms with E-state index in [4.69, 9.17) is 4.74 Å². The van der Waals surface area contributed by atoms with Gasteiger partial charge in [-0.25, -0.2) is 4.39 Å². The zero-order valence-electron chi connectivity index (χ0n) is 12.3. The molecule has 2 heterocycles. The van der Waals surface area contributed by atoms with Crippen LogP contribution >= 0.6 is 0 Å². The molecule has 3 rings (SSSR count). The number of piperidine rings is 1. The number of morpholine rings is 1. The van der Waals surface area contributed by atoms with Crippen molar-refractivity contribution in [3.8, 4) is 0 Å². The Morgan fingerprint density at radius 2 is 2.24 bits per heavy atom. The quantitative estimate of drug-likeness (QED) is 0.906. The number of para-hydroxylation sites is 1. The Balaban J connectivity index is 1.84. The van der Waals surface area contributed by atoms with Gasteiger partial charge in [-0.05, 0) is 38.4 Å². The average Bonchev–Trinajstić information content (AvgIpc) is 2.52. The summed E-state index contributed by atoms with van der Waals surface area (Å²) in [5.74, 6) is -0.202. The van der Waals surface area contributed by atoms with Gasteiger partial charge in [-0.1, -0.05) is 12.1 Å². The van der Waals surface area contributed by atoms with E-state index in [0.717, 1.165) is 25.9 Å². The molecule has 114 valence electrons. The molecule has 2 unspecified atom stereocenters. The van der Waals surface area contributed by atoms with E-state index < -0.39 is 5.60 Å². The number of carbonyl (C=O) groups excluding carboxylic acids is 1. The number of nitrogens with zero attached hydrogens (tertiary/aromatic N) is 1. The molecule has 1 amide bonds. The third-order valence-corrected chi connectivity index (χ3v) is 4.60. The summed E-state index contributed by atoms with van der Waals surface area (Å²) >= 11 is 0. The van der Waals surface area contributed by atoms with Crippen LogP contribution in [0.5, 0.6) is 0 Å². The summed E-state index contributed by atoms with van der Waals surface area (Å²) < 4.78 is 19.8. The first-order chi connectivity index (χ1) is 10.1. The average molecular weight is 292 g/mol. The van der Waals surface area contributed by atoms with Crippen molar-refractivity contribution in [2.24, 2.45) is 5.92 Å². The van der Waals surface area contributed by atoms with Crippen molar-refractivity contribution in [3.05, 3.63) is 30.1 Å². The molecule has 0 spiro atoms. The van der Waals surface area contributed by atoms with E-state index in [0.29, 0.717) is 18.2 Å². The number of nitrogens with one attached hydrogen (secondary N) is 1. The summed E-state index contributed by atoms with van der Waals surface area (Å²) in [5.41, 5.74) is -0.0790. The number of carbonyl (C=O) groups is 1. The number of rotatable bonds is 2. The number of benzene rings is 1. The Labute approximate surface area is 124 Å². The highest BCUT2D eigenvalue weighted by atomic mass is 19.1. The van der Waals surface area contributed by atoms with Gasteiger partial charge in [0.05, 0.1) is 17.8 Å². The number of halogens is 1. The number of anilines is 1. The van der Waals surface area contributed by atoms with Crippen molar-refractivity contribution in [1.29, 1.82) is 0 Å². The second kappa shape index (κ2) is 5.73. The summed E-state index contributed by atoms with van der Waals surface area (Å²) in [6.45, 7) is 4.36. The van der Waals surface area contributed by atoms with Gasteiger partial charge < -0.3 is 15.0 Å². The Kier molecular flexibility index (Phi) is 3.95. The Bertz CT molecular complexity index is 531. The molecule has 0 bridgehead atoms. The van der Waals surface area contributed by atoms with Crippen molar-refractivity contribution in [3.63, 3.8) is 0 Å². The Hall–Kier alpha value is -1.46. The van der Waals surface area contributed by atoms with Gasteiger partial charge in [-0.2, -0.15) is 0 Å². The minimum atomic E-state index is -0.427. The molecule has 2 aliphatic heterocycles. The predicted molar refractivity (Wildman–Crippen MR) is 78.7 cm³/mol. The highest BCUT2D eigenvalue weighted by Crippen LogP contribution is 2.33. The van der Waals surface area contributed by atoms with Crippen LogP contribution in [-0.4, -0.2) is 37.7 Å². The number of amides is 1. The first-order valence-corrected chi connectivity index (χ1v) is 7.50. The number of hydrogen-bond acceptors (Lipinski definition) is 3. The standard InChI is InChI=1S/C16H21FN2O2/c1-16(12-5-4-8-18-9-12)11-19(15(20)10-21-16)14-7-3-2-6-13(14)17/h2-3,6-7,12,18H,4-5,8-11H2,1H3. The van der Waals surface area contributed by atoms with E-state index in [1.54, 1.807) is 18.2 Å². The summed E-state index contributed by atoms with van der Waals surface area (Å²) in [5, 5.41) is 3.38. The second-order valence-electron chi connectivity index (χ2n) is 6.08. The number of hydrogen-bond donors (Lipinski definition) is 1. The van der Waals surface area contributed by atoms with Gasteiger partial charge in [0.2, 0.25) is 0 Å². The second-order valence-corrected chi connectivity index (χ2v) is 6.08. The van der Waals surface area contributed by atoms with E-state index in [2.05, 4.69) is 5.32 Å². The van der Waals surface area contributed by atoms with Crippen molar-refractivity contribution in [1.82, 2.24) is 5.32 Å². The lowest BCUT2D eigenvalue weighted by atomic mass is 9.82. The SMILES string of the molecule is CC1(C2CCCNC2)CN(c2ccccc2F)C(=O)CO1. The maximum absolute atomic E-state index is 14.0. The molecule has 2 saturated heterocycles. The fraction of sp³-hybridized carbons (Fsp3) is 0.562. The topological polar surface area (TPSA) is 41.6 Å². The third-order valence-electron chi connectivity index (χ3n) is 4.60. The van der Waals surface area contributed by atoms with Crippen LogP contribution in [-0.2, 0) is 9.53 Å². The highest BCUT2D eigenvalue weighted by molar-refractivity contribution is 5.95. The van der Waals surface area contributed by atoms with Crippen LogP contribution in [0.25, 0.3) is 0 Å². The van der Waals surface area contributed by atoms with Crippen molar-refractivity contribution >= 4 is 11.6 Å². The van der Waals surface area contributed by atoms with Gasteiger partial charge in [0.15, 0.2) is 0 Å². The molecule has 1 aromatic carbocycles. The van der Waals surface area contributed by atoms with Gasteiger partial charge in [0.1, 0.15) is 12.4 Å². The van der Waals surface area contributed by atoms with Crippen molar-refractivity contribution in [2.75, 3.05) is 31.1 Å². The minimum absolute atomic E-state index is 0.0152. The zero-order chi connectivity index (χ0) is 14.9. The minimum Gasteiger partial charge on any atom is -0.363 e. The molecule has 2 aliphatic rings. The van der Waals surface area contributed by atoms with E-state index in [1.807, 2.05) is 6.92 Å². The van der Waals surface area contributed by atoms with Crippen LogP contribution in [0.1, 0.15) is 19.8 Å². The van der Waals surface area contributed by atoms with E-state index in [9.17, 15) is 9.18 Å². The molecule has 4 nitrogen and oxygen atoms in total. The van der Waals surface area contributed by atoms with Gasteiger partial charge in [0.25, 0.3) is 5.91 Å². The van der Waals surface area contributed by atoms with Crippen LogP contribution < -0.4 is 10.2 Å². The lowest BCUT2D eigenvalue weighted by molar-refractivity contribution is -0.144. The van der Waals surface area contributed by atoms with Crippen LogP contribution in [0.3, 0.4) is 0 Å². The molecule has 21 heavy (non-hydrogen) atoms. The van der Waals surface area contributed by atoms with Gasteiger partial charge >= 0.3 is 0 Å². The van der Waals surface area contributed by atoms with Crippen molar-refractivity contribution in [2.45, 2.75) is 25.4 Å². The maximum Gasteiger partial charge on any atom is 0.253 e. The summed E-state index contributed by atoms with van der Waals surface area (Å²) in [7, 11) is 0. The molecule has 5 heteroatoms.